The Balaban J connectivity index is 0.00000256. The zero-order valence-corrected chi connectivity index (χ0v) is 11.1. The summed E-state index contributed by atoms with van der Waals surface area (Å²) in [6.07, 6.45) is 0.209. The van der Waals surface area contributed by atoms with Crippen LogP contribution in [0.5, 0.6) is 0 Å². The zero-order valence-electron chi connectivity index (χ0n) is 8.74. The highest BCUT2D eigenvalue weighted by atomic mass is 35.5. The first kappa shape index (κ1) is 16.0. The molecule has 0 bridgehead atoms. The van der Waals surface area contributed by atoms with Crippen molar-refractivity contribution in [2.45, 2.75) is 6.42 Å². The molecule has 94 valence electrons. The average Bonchev–Trinajstić information content (AvgIpc) is 2.15. The van der Waals surface area contributed by atoms with Crippen molar-refractivity contribution in [2.75, 3.05) is 0 Å². The van der Waals surface area contributed by atoms with Crippen molar-refractivity contribution in [1.29, 1.82) is 5.41 Å². The number of hydrogen-bond donors (Lipinski definition) is 3. The number of nitrogens with one attached hydrogen (secondary N) is 1. The summed E-state index contributed by atoms with van der Waals surface area (Å²) in [5, 5.41) is 8.19. The van der Waals surface area contributed by atoms with Gasteiger partial charge in [0.2, 0.25) is 5.91 Å². The molecule has 1 rings (SSSR count). The van der Waals surface area contributed by atoms with E-state index in [9.17, 15) is 4.79 Å². The molecule has 1 aromatic carbocycles. The van der Waals surface area contributed by atoms with Gasteiger partial charge >= 0.3 is 0 Å². The van der Waals surface area contributed by atoms with Crippen LogP contribution in [0.25, 0.3) is 0 Å². The summed E-state index contributed by atoms with van der Waals surface area (Å²) in [5.41, 5.74) is 11.1. The van der Waals surface area contributed by atoms with Crippen molar-refractivity contribution in [3.05, 3.63) is 33.8 Å². The van der Waals surface area contributed by atoms with Crippen LogP contribution < -0.4 is 11.5 Å². The second kappa shape index (κ2) is 6.69. The molecule has 1 unspecified atom stereocenters. The molecular weight excluding hydrogens is 284 g/mol. The molecule has 0 aromatic heterocycles. The fourth-order valence-corrected chi connectivity index (χ4v) is 1.76. The third-order valence-electron chi connectivity index (χ3n) is 2.16. The molecule has 0 spiro atoms. The van der Waals surface area contributed by atoms with E-state index in [1.54, 1.807) is 18.2 Å². The summed E-state index contributed by atoms with van der Waals surface area (Å²) in [5.74, 6) is -1.74. The van der Waals surface area contributed by atoms with Gasteiger partial charge in [-0.2, -0.15) is 0 Å². The van der Waals surface area contributed by atoms with Crippen molar-refractivity contribution in [3.63, 3.8) is 0 Å². The number of amidine groups is 1. The van der Waals surface area contributed by atoms with Crippen molar-refractivity contribution in [3.8, 4) is 0 Å². The van der Waals surface area contributed by atoms with Gasteiger partial charge in [-0.15, -0.1) is 12.4 Å². The van der Waals surface area contributed by atoms with Crippen LogP contribution in [0.15, 0.2) is 18.2 Å². The van der Waals surface area contributed by atoms with E-state index >= 15 is 0 Å². The molecule has 0 aliphatic rings. The number of hydrogen-bond acceptors (Lipinski definition) is 2. The molecule has 0 aliphatic carbocycles. The van der Waals surface area contributed by atoms with Gasteiger partial charge in [-0.25, -0.2) is 0 Å². The van der Waals surface area contributed by atoms with Gasteiger partial charge < -0.3 is 11.5 Å². The lowest BCUT2D eigenvalue weighted by atomic mass is 9.98. The van der Waals surface area contributed by atoms with E-state index in [-0.39, 0.29) is 24.7 Å². The molecule has 4 nitrogen and oxygen atoms in total. The van der Waals surface area contributed by atoms with Crippen LogP contribution in [-0.4, -0.2) is 11.7 Å². The Kier molecular flexibility index (Phi) is 6.31. The minimum Gasteiger partial charge on any atom is -0.387 e. The Hall–Kier alpha value is -0.970. The number of rotatable bonds is 4. The molecule has 0 saturated carbocycles. The van der Waals surface area contributed by atoms with Gasteiger partial charge in [0.05, 0.1) is 5.92 Å². The predicted octanol–water partition coefficient (Wildman–Crippen LogP) is 2.00. The van der Waals surface area contributed by atoms with Crippen LogP contribution in [0.1, 0.15) is 5.56 Å². The molecule has 1 aromatic rings. The van der Waals surface area contributed by atoms with E-state index in [4.69, 9.17) is 40.1 Å². The van der Waals surface area contributed by atoms with Crippen molar-refractivity contribution in [1.82, 2.24) is 0 Å². The Labute approximate surface area is 115 Å². The van der Waals surface area contributed by atoms with Crippen molar-refractivity contribution in [2.24, 2.45) is 17.4 Å². The van der Waals surface area contributed by atoms with Crippen LogP contribution in [0, 0.1) is 11.3 Å². The van der Waals surface area contributed by atoms with Gasteiger partial charge in [-0.3, -0.25) is 10.2 Å². The molecule has 1 atom stereocenters. The first-order valence-electron chi connectivity index (χ1n) is 4.49. The Morgan fingerprint density at radius 3 is 2.35 bits per heavy atom. The topological polar surface area (TPSA) is 93.0 Å². The number of carbonyl (C=O) groups excluding carboxylic acids is 1. The number of benzene rings is 1. The SMILES string of the molecule is Cl.N=C(N)C(Cc1ccc(Cl)cc1Cl)C(N)=O. The number of carbonyl (C=O) groups is 1. The summed E-state index contributed by atoms with van der Waals surface area (Å²) in [6, 6.07) is 4.90. The maximum Gasteiger partial charge on any atom is 0.228 e. The second-order valence-electron chi connectivity index (χ2n) is 3.35. The van der Waals surface area contributed by atoms with E-state index in [0.29, 0.717) is 15.6 Å². The molecule has 5 N–H and O–H groups in total. The lowest BCUT2D eigenvalue weighted by Crippen LogP contribution is -2.36. The first-order chi connectivity index (χ1) is 7.41. The lowest BCUT2D eigenvalue weighted by Gasteiger charge is -2.12. The fourth-order valence-electron chi connectivity index (χ4n) is 1.27. The predicted molar refractivity (Wildman–Crippen MR) is 72.0 cm³/mol. The summed E-state index contributed by atoms with van der Waals surface area (Å²) < 4.78 is 0. The van der Waals surface area contributed by atoms with E-state index in [0.717, 1.165) is 0 Å². The largest absolute Gasteiger partial charge is 0.387 e. The number of amides is 1. The van der Waals surface area contributed by atoms with E-state index < -0.39 is 11.8 Å². The number of nitrogens with two attached hydrogens (primary N) is 2. The van der Waals surface area contributed by atoms with Crippen LogP contribution in [-0.2, 0) is 11.2 Å². The first-order valence-corrected chi connectivity index (χ1v) is 5.24. The molecule has 7 heteroatoms. The summed E-state index contributed by atoms with van der Waals surface area (Å²) >= 11 is 11.7. The Morgan fingerprint density at radius 1 is 1.35 bits per heavy atom. The minimum absolute atomic E-state index is 0. The molecule has 0 saturated heterocycles. The van der Waals surface area contributed by atoms with Crippen LogP contribution in [0.3, 0.4) is 0 Å². The Bertz CT molecular complexity index is 423. The molecule has 0 heterocycles. The number of halogens is 3. The van der Waals surface area contributed by atoms with Gasteiger partial charge in [-0.1, -0.05) is 29.3 Å². The van der Waals surface area contributed by atoms with Gasteiger partial charge in [0.25, 0.3) is 0 Å². The highest BCUT2D eigenvalue weighted by molar-refractivity contribution is 6.35. The smallest absolute Gasteiger partial charge is 0.228 e. The summed E-state index contributed by atoms with van der Waals surface area (Å²) in [6.45, 7) is 0. The molecule has 0 fully saturated rings. The molecule has 0 aliphatic heterocycles. The normalized spacial score (nSPS) is 11.4. The van der Waals surface area contributed by atoms with Gasteiger partial charge in [0.1, 0.15) is 5.84 Å². The van der Waals surface area contributed by atoms with Crippen molar-refractivity contribution >= 4 is 47.4 Å². The second-order valence-corrected chi connectivity index (χ2v) is 4.19. The quantitative estimate of drug-likeness (QED) is 0.585. The molecule has 17 heavy (non-hydrogen) atoms. The minimum atomic E-state index is -0.835. The van der Waals surface area contributed by atoms with E-state index in [1.807, 2.05) is 0 Å². The summed E-state index contributed by atoms with van der Waals surface area (Å²) in [7, 11) is 0. The van der Waals surface area contributed by atoms with Gasteiger partial charge in [-0.05, 0) is 24.1 Å². The fraction of sp³-hybridized carbons (Fsp3) is 0.200. The lowest BCUT2D eigenvalue weighted by molar-refractivity contribution is -0.119. The highest BCUT2D eigenvalue weighted by Crippen LogP contribution is 2.23. The molecular formula is C10H12Cl3N3O. The highest BCUT2D eigenvalue weighted by Gasteiger charge is 2.20. The summed E-state index contributed by atoms with van der Waals surface area (Å²) in [4.78, 5) is 11.1. The van der Waals surface area contributed by atoms with Gasteiger partial charge in [0, 0.05) is 10.0 Å². The van der Waals surface area contributed by atoms with E-state index in [2.05, 4.69) is 0 Å². The van der Waals surface area contributed by atoms with Crippen LogP contribution >= 0.6 is 35.6 Å². The van der Waals surface area contributed by atoms with Crippen LogP contribution in [0.4, 0.5) is 0 Å². The third-order valence-corrected chi connectivity index (χ3v) is 2.74. The van der Waals surface area contributed by atoms with Gasteiger partial charge in [0.15, 0.2) is 0 Å². The average molecular weight is 297 g/mol. The standard InChI is InChI=1S/C10H11Cl2N3O.ClH/c11-6-2-1-5(8(12)4-6)3-7(9(13)14)10(15)16;/h1-2,4,7H,3H2,(H3,13,14)(H2,15,16);1H. The zero-order chi connectivity index (χ0) is 12.3. The van der Waals surface area contributed by atoms with Crippen molar-refractivity contribution < 1.29 is 4.79 Å². The Morgan fingerprint density at radius 2 is 1.94 bits per heavy atom. The monoisotopic (exact) mass is 295 g/mol. The maximum absolute atomic E-state index is 11.1. The molecule has 1 amide bonds. The molecule has 0 radical (unpaired) electrons. The maximum atomic E-state index is 11.1. The number of primary amides is 1. The van der Waals surface area contributed by atoms with Crippen LogP contribution in [0.2, 0.25) is 10.0 Å². The van der Waals surface area contributed by atoms with E-state index in [1.165, 1.54) is 0 Å². The third kappa shape index (κ3) is 4.42.